The van der Waals surface area contributed by atoms with Gasteiger partial charge in [0.15, 0.2) is 11.5 Å². The van der Waals surface area contributed by atoms with E-state index in [-0.39, 0.29) is 17.2 Å². The van der Waals surface area contributed by atoms with Crippen LogP contribution in [0.5, 0.6) is 28.7 Å². The van der Waals surface area contributed by atoms with E-state index in [0.717, 1.165) is 33.8 Å². The largest absolute Gasteiger partial charge is 0.508 e. The molecule has 4 rings (SSSR count). The molecule has 4 aromatic carbocycles. The summed E-state index contributed by atoms with van der Waals surface area (Å²) in [6.45, 7) is 5.64. The van der Waals surface area contributed by atoms with Crippen LogP contribution in [-0.2, 0) is 0 Å². The van der Waals surface area contributed by atoms with Crippen molar-refractivity contribution in [2.24, 2.45) is 0 Å². The second-order valence-corrected chi connectivity index (χ2v) is 7.84. The van der Waals surface area contributed by atoms with Gasteiger partial charge in [0.2, 0.25) is 0 Å². The molecule has 0 atom stereocenters. The van der Waals surface area contributed by atoms with Gasteiger partial charge in [-0.1, -0.05) is 6.07 Å². The summed E-state index contributed by atoms with van der Waals surface area (Å²) in [4.78, 5) is 2.03. The van der Waals surface area contributed by atoms with E-state index in [9.17, 15) is 15.3 Å². The summed E-state index contributed by atoms with van der Waals surface area (Å²) in [7, 11) is 0. The molecule has 5 nitrogen and oxygen atoms in total. The highest BCUT2D eigenvalue weighted by atomic mass is 16.5. The Morgan fingerprint density at radius 2 is 1.06 bits per heavy atom. The fraction of sp³-hybridized carbons (Fsp3) is 0.111. The van der Waals surface area contributed by atoms with Crippen LogP contribution in [0.1, 0.15) is 16.7 Å². The van der Waals surface area contributed by atoms with Gasteiger partial charge in [-0.15, -0.1) is 0 Å². The van der Waals surface area contributed by atoms with Gasteiger partial charge in [-0.05, 0) is 110 Å². The number of ether oxygens (including phenoxy) is 1. The van der Waals surface area contributed by atoms with Crippen LogP contribution >= 0.6 is 0 Å². The van der Waals surface area contributed by atoms with E-state index in [4.69, 9.17) is 4.74 Å². The van der Waals surface area contributed by atoms with Crippen molar-refractivity contribution in [3.63, 3.8) is 0 Å². The third-order valence-corrected chi connectivity index (χ3v) is 5.32. The van der Waals surface area contributed by atoms with Crippen molar-refractivity contribution < 1.29 is 20.1 Å². The van der Waals surface area contributed by atoms with Crippen molar-refractivity contribution in [1.82, 2.24) is 0 Å². The number of phenols is 3. The molecule has 162 valence electrons. The molecular weight excluding hydrogens is 402 g/mol. The van der Waals surface area contributed by atoms with E-state index in [0.29, 0.717) is 11.5 Å². The van der Waals surface area contributed by atoms with Gasteiger partial charge < -0.3 is 25.0 Å². The van der Waals surface area contributed by atoms with Crippen molar-refractivity contribution in [3.05, 3.63) is 95.6 Å². The van der Waals surface area contributed by atoms with Crippen LogP contribution in [0, 0.1) is 20.8 Å². The minimum Gasteiger partial charge on any atom is -0.508 e. The minimum atomic E-state index is 0.0837. The maximum absolute atomic E-state index is 10.1. The molecule has 3 N–H and O–H groups in total. The van der Waals surface area contributed by atoms with Gasteiger partial charge >= 0.3 is 0 Å². The molecule has 0 amide bonds. The highest BCUT2D eigenvalue weighted by Crippen LogP contribution is 2.39. The van der Waals surface area contributed by atoms with E-state index in [1.807, 2.05) is 80.3 Å². The molecular formula is C27H25NO4. The molecule has 0 aliphatic rings. The first-order valence-electron chi connectivity index (χ1n) is 10.3. The number of rotatable bonds is 5. The summed E-state index contributed by atoms with van der Waals surface area (Å²) < 4.78 is 5.87. The first-order valence-corrected chi connectivity index (χ1v) is 10.3. The second kappa shape index (κ2) is 8.55. The lowest BCUT2D eigenvalue weighted by atomic mass is 10.1. The predicted molar refractivity (Wildman–Crippen MR) is 127 cm³/mol. The molecule has 0 unspecified atom stereocenters. The molecule has 0 saturated carbocycles. The number of benzene rings is 4. The van der Waals surface area contributed by atoms with Crippen LogP contribution < -0.4 is 9.64 Å². The van der Waals surface area contributed by atoms with Crippen molar-refractivity contribution in [1.29, 1.82) is 0 Å². The molecule has 0 radical (unpaired) electrons. The maximum atomic E-state index is 10.1. The van der Waals surface area contributed by atoms with Crippen LogP contribution in [0.4, 0.5) is 17.1 Å². The number of anilines is 3. The van der Waals surface area contributed by atoms with E-state index >= 15 is 0 Å². The number of hydrogen-bond donors (Lipinski definition) is 3. The smallest absolute Gasteiger partial charge is 0.169 e. The van der Waals surface area contributed by atoms with Crippen LogP contribution in [0.25, 0.3) is 0 Å². The van der Waals surface area contributed by atoms with Crippen LogP contribution in [0.15, 0.2) is 78.9 Å². The summed E-state index contributed by atoms with van der Waals surface area (Å²) in [5, 5.41) is 30.0. The molecule has 4 aromatic rings. The van der Waals surface area contributed by atoms with Crippen molar-refractivity contribution in [2.45, 2.75) is 20.8 Å². The Labute approximate surface area is 187 Å². The standard InChI is InChI=1S/C27H25NO4/c1-17-4-11-26(31)27(14-17)32-23-9-5-20(6-10-23)28(21-7-12-24(29)18(2)15-21)22-8-13-25(30)19(3)16-22/h4-16,29-31H,1-3H3. The molecule has 0 fully saturated rings. The Hall–Kier alpha value is -4.12. The van der Waals surface area contributed by atoms with E-state index in [1.165, 1.54) is 0 Å². The lowest BCUT2D eigenvalue weighted by Gasteiger charge is -2.26. The van der Waals surface area contributed by atoms with Gasteiger partial charge in [-0.25, -0.2) is 0 Å². The first kappa shape index (κ1) is 21.1. The van der Waals surface area contributed by atoms with Crippen LogP contribution in [-0.4, -0.2) is 15.3 Å². The number of aromatic hydroxyl groups is 3. The van der Waals surface area contributed by atoms with Gasteiger partial charge in [0.05, 0.1) is 0 Å². The number of nitrogens with zero attached hydrogens (tertiary/aromatic N) is 1. The Balaban J connectivity index is 1.73. The summed E-state index contributed by atoms with van der Waals surface area (Å²) in [5.74, 6) is 1.55. The van der Waals surface area contributed by atoms with E-state index in [1.54, 1.807) is 24.3 Å². The van der Waals surface area contributed by atoms with Gasteiger partial charge in [-0.3, -0.25) is 0 Å². The third kappa shape index (κ3) is 4.32. The lowest BCUT2D eigenvalue weighted by Crippen LogP contribution is -2.10. The fourth-order valence-corrected chi connectivity index (χ4v) is 3.50. The zero-order valence-corrected chi connectivity index (χ0v) is 18.2. The summed E-state index contributed by atoms with van der Waals surface area (Å²) >= 11 is 0. The molecule has 0 aromatic heterocycles. The SMILES string of the molecule is Cc1ccc(O)c(Oc2ccc(N(c3ccc(O)c(C)c3)c3ccc(O)c(C)c3)cc2)c1. The zero-order valence-electron chi connectivity index (χ0n) is 18.2. The van der Waals surface area contributed by atoms with Crippen molar-refractivity contribution >= 4 is 17.1 Å². The number of hydrogen-bond acceptors (Lipinski definition) is 5. The molecule has 32 heavy (non-hydrogen) atoms. The van der Waals surface area contributed by atoms with E-state index < -0.39 is 0 Å². The van der Waals surface area contributed by atoms with Gasteiger partial charge in [0.1, 0.15) is 17.2 Å². The highest BCUT2D eigenvalue weighted by molar-refractivity contribution is 5.78. The monoisotopic (exact) mass is 427 g/mol. The Kier molecular flexibility index (Phi) is 5.65. The average molecular weight is 428 g/mol. The molecule has 0 heterocycles. The van der Waals surface area contributed by atoms with Crippen LogP contribution in [0.3, 0.4) is 0 Å². The third-order valence-electron chi connectivity index (χ3n) is 5.32. The zero-order chi connectivity index (χ0) is 22.8. The molecule has 0 bridgehead atoms. The number of phenolic OH excluding ortho intramolecular Hbond substituents is 3. The maximum Gasteiger partial charge on any atom is 0.169 e. The fourth-order valence-electron chi connectivity index (χ4n) is 3.50. The Morgan fingerprint density at radius 3 is 1.59 bits per heavy atom. The second-order valence-electron chi connectivity index (χ2n) is 7.84. The van der Waals surface area contributed by atoms with Gasteiger partial charge in [0, 0.05) is 17.1 Å². The molecule has 0 aliphatic heterocycles. The van der Waals surface area contributed by atoms with Crippen molar-refractivity contribution in [3.8, 4) is 28.7 Å². The average Bonchev–Trinajstić information content (AvgIpc) is 2.77. The van der Waals surface area contributed by atoms with E-state index in [2.05, 4.69) is 0 Å². The summed E-state index contributed by atoms with van der Waals surface area (Å²) in [6.07, 6.45) is 0. The minimum absolute atomic E-state index is 0.0837. The molecule has 0 aliphatic carbocycles. The Bertz CT molecular complexity index is 1210. The van der Waals surface area contributed by atoms with Crippen molar-refractivity contribution in [2.75, 3.05) is 4.90 Å². The number of aryl methyl sites for hydroxylation is 3. The Morgan fingerprint density at radius 1 is 0.562 bits per heavy atom. The first-order chi connectivity index (χ1) is 15.3. The lowest BCUT2D eigenvalue weighted by molar-refractivity contribution is 0.411. The molecule has 0 saturated heterocycles. The topological polar surface area (TPSA) is 73.2 Å². The molecule has 5 heteroatoms. The van der Waals surface area contributed by atoms with Gasteiger partial charge in [0.25, 0.3) is 0 Å². The normalized spacial score (nSPS) is 10.7. The molecule has 0 spiro atoms. The predicted octanol–water partition coefficient (Wildman–Crippen LogP) is 6.99. The van der Waals surface area contributed by atoms with Gasteiger partial charge in [-0.2, -0.15) is 0 Å². The summed E-state index contributed by atoms with van der Waals surface area (Å²) in [6, 6.07) is 23.6. The quantitative estimate of drug-likeness (QED) is 0.320. The highest BCUT2D eigenvalue weighted by Gasteiger charge is 2.15. The van der Waals surface area contributed by atoms with Crippen LogP contribution in [0.2, 0.25) is 0 Å². The summed E-state index contributed by atoms with van der Waals surface area (Å²) in [5.41, 5.74) is 5.13.